The average Bonchev–Trinajstić information content (AvgIpc) is 2.38. The van der Waals surface area contributed by atoms with Crippen LogP contribution in [0.5, 0.6) is 0 Å². The van der Waals surface area contributed by atoms with Gasteiger partial charge in [0.05, 0.1) is 6.61 Å². The van der Waals surface area contributed by atoms with Gasteiger partial charge < -0.3 is 10.4 Å². The molecular weight excluding hydrogens is 236 g/mol. The summed E-state index contributed by atoms with van der Waals surface area (Å²) < 4.78 is 0. The van der Waals surface area contributed by atoms with E-state index in [0.717, 1.165) is 13.1 Å². The van der Waals surface area contributed by atoms with E-state index >= 15 is 0 Å². The molecule has 0 saturated carbocycles. The Bertz CT molecular complexity index is 394. The van der Waals surface area contributed by atoms with E-state index in [-0.39, 0.29) is 6.61 Å². The molecule has 2 N–H and O–H groups in total. The van der Waals surface area contributed by atoms with Gasteiger partial charge in [0.15, 0.2) is 0 Å². The van der Waals surface area contributed by atoms with Crippen molar-refractivity contribution in [1.29, 1.82) is 0 Å². The van der Waals surface area contributed by atoms with Crippen molar-refractivity contribution in [2.24, 2.45) is 5.92 Å². The van der Waals surface area contributed by atoms with Gasteiger partial charge in [0.25, 0.3) is 0 Å². The zero-order valence-electron chi connectivity index (χ0n) is 12.1. The molecule has 1 aromatic rings. The Morgan fingerprint density at radius 2 is 2.11 bits per heavy atom. The lowest BCUT2D eigenvalue weighted by Crippen LogP contribution is -2.48. The van der Waals surface area contributed by atoms with Gasteiger partial charge in [-0.3, -0.25) is 4.90 Å². The number of aryl methyl sites for hydroxylation is 1. The van der Waals surface area contributed by atoms with Gasteiger partial charge in [-0.1, -0.05) is 31.2 Å². The monoisotopic (exact) mass is 262 g/mol. The summed E-state index contributed by atoms with van der Waals surface area (Å²) in [6.45, 7) is 8.72. The molecule has 1 fully saturated rings. The molecule has 1 aliphatic heterocycles. The molecular formula is C16H26N2O. The van der Waals surface area contributed by atoms with Gasteiger partial charge in [0.2, 0.25) is 0 Å². The smallest absolute Gasteiger partial charge is 0.0556 e. The number of piperidine rings is 1. The van der Waals surface area contributed by atoms with Crippen LogP contribution in [0.4, 0.5) is 0 Å². The second-order valence-corrected chi connectivity index (χ2v) is 5.84. The maximum atomic E-state index is 8.92. The van der Waals surface area contributed by atoms with E-state index in [1.165, 1.54) is 24.1 Å². The minimum absolute atomic E-state index is 0.225. The van der Waals surface area contributed by atoms with Crippen LogP contribution < -0.4 is 5.32 Å². The molecule has 0 aromatic heterocycles. The summed E-state index contributed by atoms with van der Waals surface area (Å²) in [7, 11) is 0. The maximum absolute atomic E-state index is 8.92. The summed E-state index contributed by atoms with van der Waals surface area (Å²) >= 11 is 0. The third-order valence-corrected chi connectivity index (χ3v) is 3.94. The maximum Gasteiger partial charge on any atom is 0.0556 e. The van der Waals surface area contributed by atoms with Crippen LogP contribution in [0, 0.1) is 12.8 Å². The van der Waals surface area contributed by atoms with Gasteiger partial charge in [-0.05, 0) is 30.4 Å². The SMILES string of the molecule is Cc1ccccc1CN1CC(C)CC(NCCO)C1. The first-order valence-corrected chi connectivity index (χ1v) is 7.30. The number of nitrogens with zero attached hydrogens (tertiary/aromatic N) is 1. The quantitative estimate of drug-likeness (QED) is 0.849. The van der Waals surface area contributed by atoms with E-state index in [1.54, 1.807) is 0 Å². The van der Waals surface area contributed by atoms with Gasteiger partial charge in [0, 0.05) is 32.2 Å². The molecule has 0 radical (unpaired) electrons. The highest BCUT2D eigenvalue weighted by atomic mass is 16.3. The van der Waals surface area contributed by atoms with E-state index in [1.807, 2.05) is 0 Å². The fourth-order valence-electron chi connectivity index (χ4n) is 3.04. The van der Waals surface area contributed by atoms with E-state index in [2.05, 4.69) is 48.3 Å². The molecule has 106 valence electrons. The Balaban J connectivity index is 1.94. The van der Waals surface area contributed by atoms with Crippen molar-refractivity contribution in [3.05, 3.63) is 35.4 Å². The molecule has 1 heterocycles. The van der Waals surface area contributed by atoms with Gasteiger partial charge in [0.1, 0.15) is 0 Å². The summed E-state index contributed by atoms with van der Waals surface area (Å²) in [6.07, 6.45) is 1.21. The summed E-state index contributed by atoms with van der Waals surface area (Å²) in [6, 6.07) is 9.15. The molecule has 3 nitrogen and oxygen atoms in total. The summed E-state index contributed by atoms with van der Waals surface area (Å²) in [4.78, 5) is 2.53. The van der Waals surface area contributed by atoms with E-state index in [9.17, 15) is 0 Å². The highest BCUT2D eigenvalue weighted by Gasteiger charge is 2.24. The number of hydrogen-bond acceptors (Lipinski definition) is 3. The van der Waals surface area contributed by atoms with Crippen molar-refractivity contribution in [3.8, 4) is 0 Å². The lowest BCUT2D eigenvalue weighted by molar-refractivity contribution is 0.138. The van der Waals surface area contributed by atoms with Crippen molar-refractivity contribution in [2.45, 2.75) is 32.9 Å². The van der Waals surface area contributed by atoms with Crippen molar-refractivity contribution >= 4 is 0 Å². The number of aliphatic hydroxyl groups is 1. The Kier molecular flexibility index (Phi) is 5.37. The first-order valence-electron chi connectivity index (χ1n) is 7.30. The first-order chi connectivity index (χ1) is 9.19. The number of nitrogens with one attached hydrogen (secondary N) is 1. The van der Waals surface area contributed by atoms with Crippen LogP contribution in [0.2, 0.25) is 0 Å². The van der Waals surface area contributed by atoms with Gasteiger partial charge >= 0.3 is 0 Å². The van der Waals surface area contributed by atoms with Crippen molar-refractivity contribution in [3.63, 3.8) is 0 Å². The van der Waals surface area contributed by atoms with Crippen LogP contribution in [0.15, 0.2) is 24.3 Å². The Hall–Kier alpha value is -0.900. The van der Waals surface area contributed by atoms with Crippen molar-refractivity contribution in [2.75, 3.05) is 26.2 Å². The normalized spacial score (nSPS) is 24.6. The van der Waals surface area contributed by atoms with Crippen LogP contribution in [0.25, 0.3) is 0 Å². The highest BCUT2D eigenvalue weighted by Crippen LogP contribution is 2.19. The first kappa shape index (κ1) is 14.5. The fraction of sp³-hybridized carbons (Fsp3) is 0.625. The van der Waals surface area contributed by atoms with Crippen molar-refractivity contribution in [1.82, 2.24) is 10.2 Å². The molecule has 2 rings (SSSR count). The molecule has 1 saturated heterocycles. The second-order valence-electron chi connectivity index (χ2n) is 5.84. The Morgan fingerprint density at radius 3 is 2.84 bits per heavy atom. The molecule has 3 heteroatoms. The molecule has 2 unspecified atom stereocenters. The van der Waals surface area contributed by atoms with Gasteiger partial charge in [-0.25, -0.2) is 0 Å². The zero-order chi connectivity index (χ0) is 13.7. The Morgan fingerprint density at radius 1 is 1.32 bits per heavy atom. The minimum Gasteiger partial charge on any atom is -0.395 e. The molecule has 0 aliphatic carbocycles. The number of benzene rings is 1. The largest absolute Gasteiger partial charge is 0.395 e. The lowest BCUT2D eigenvalue weighted by Gasteiger charge is -2.37. The standard InChI is InChI=1S/C16H26N2O/c1-13-9-16(17-7-8-19)12-18(10-13)11-15-6-4-3-5-14(15)2/h3-6,13,16-17,19H,7-12H2,1-2H3. The fourth-order valence-corrected chi connectivity index (χ4v) is 3.04. The summed E-state index contributed by atoms with van der Waals surface area (Å²) in [5.41, 5.74) is 2.80. The third-order valence-electron chi connectivity index (χ3n) is 3.94. The minimum atomic E-state index is 0.225. The molecule has 1 aromatic carbocycles. The summed E-state index contributed by atoms with van der Waals surface area (Å²) in [5, 5.41) is 12.4. The van der Waals surface area contributed by atoms with Crippen LogP contribution in [0.3, 0.4) is 0 Å². The Labute approximate surface area is 116 Å². The summed E-state index contributed by atoms with van der Waals surface area (Å²) in [5.74, 6) is 0.717. The van der Waals surface area contributed by atoms with Crippen LogP contribution in [-0.2, 0) is 6.54 Å². The predicted octanol–water partition coefficient (Wildman–Crippen LogP) is 1.79. The zero-order valence-corrected chi connectivity index (χ0v) is 12.1. The van der Waals surface area contributed by atoms with Gasteiger partial charge in [-0.15, -0.1) is 0 Å². The van der Waals surface area contributed by atoms with E-state index < -0.39 is 0 Å². The van der Waals surface area contributed by atoms with E-state index in [4.69, 9.17) is 5.11 Å². The molecule has 0 bridgehead atoms. The number of hydrogen-bond donors (Lipinski definition) is 2. The van der Waals surface area contributed by atoms with Crippen LogP contribution in [-0.4, -0.2) is 42.3 Å². The van der Waals surface area contributed by atoms with Crippen molar-refractivity contribution < 1.29 is 5.11 Å². The molecule has 2 atom stereocenters. The number of likely N-dealkylation sites (tertiary alicyclic amines) is 1. The molecule has 0 amide bonds. The molecule has 0 spiro atoms. The van der Waals surface area contributed by atoms with E-state index in [0.29, 0.717) is 18.5 Å². The average molecular weight is 262 g/mol. The third kappa shape index (κ3) is 4.30. The topological polar surface area (TPSA) is 35.5 Å². The number of aliphatic hydroxyl groups excluding tert-OH is 1. The number of rotatable bonds is 5. The lowest BCUT2D eigenvalue weighted by atomic mass is 9.95. The second kappa shape index (κ2) is 7.04. The predicted molar refractivity (Wildman–Crippen MR) is 79.1 cm³/mol. The van der Waals surface area contributed by atoms with Crippen LogP contribution in [0.1, 0.15) is 24.5 Å². The van der Waals surface area contributed by atoms with Crippen LogP contribution >= 0.6 is 0 Å². The molecule has 1 aliphatic rings. The van der Waals surface area contributed by atoms with Gasteiger partial charge in [-0.2, -0.15) is 0 Å². The highest BCUT2D eigenvalue weighted by molar-refractivity contribution is 5.25. The molecule has 19 heavy (non-hydrogen) atoms.